The van der Waals surface area contributed by atoms with Crippen LogP contribution >= 0.6 is 0 Å². The van der Waals surface area contributed by atoms with Gasteiger partial charge in [-0.1, -0.05) is 13.8 Å². The maximum atomic E-state index is 12.1. The maximum Gasteiger partial charge on any atom is 0.251 e. The minimum atomic E-state index is -3.29. The molecule has 0 fully saturated rings. The molecule has 1 N–H and O–H groups in total. The first-order valence-electron chi connectivity index (χ1n) is 7.10. The molecule has 116 valence electrons. The number of anilines is 1. The van der Waals surface area contributed by atoms with Gasteiger partial charge in [0.1, 0.15) is 0 Å². The third kappa shape index (κ3) is 3.37. The highest BCUT2D eigenvalue weighted by atomic mass is 32.2. The van der Waals surface area contributed by atoms with E-state index in [9.17, 15) is 13.2 Å². The number of amides is 1. The lowest BCUT2D eigenvalue weighted by atomic mass is 10.1. The van der Waals surface area contributed by atoms with Crippen molar-refractivity contribution in [3.05, 3.63) is 29.3 Å². The second kappa shape index (κ2) is 5.67. The van der Waals surface area contributed by atoms with Crippen molar-refractivity contribution in [3.63, 3.8) is 0 Å². The van der Waals surface area contributed by atoms with E-state index < -0.39 is 10.0 Å². The lowest BCUT2D eigenvalue weighted by molar-refractivity contribution is 0.0949. The largest absolute Gasteiger partial charge is 0.352 e. The molecule has 1 aliphatic heterocycles. The molecule has 2 rings (SSSR count). The minimum absolute atomic E-state index is 0.107. The number of carbonyl (C=O) groups is 1. The van der Waals surface area contributed by atoms with Crippen molar-refractivity contribution in [2.45, 2.75) is 33.2 Å². The van der Waals surface area contributed by atoms with Crippen LogP contribution in [0.2, 0.25) is 0 Å². The molecular weight excluding hydrogens is 288 g/mol. The zero-order chi connectivity index (χ0) is 15.8. The van der Waals surface area contributed by atoms with Crippen molar-refractivity contribution in [2.75, 3.05) is 17.1 Å². The third-order valence-corrected chi connectivity index (χ3v) is 4.79. The van der Waals surface area contributed by atoms with Crippen molar-refractivity contribution in [1.82, 2.24) is 5.32 Å². The van der Waals surface area contributed by atoms with Crippen molar-refractivity contribution < 1.29 is 13.2 Å². The number of nitrogens with one attached hydrogen (secondary N) is 1. The fraction of sp³-hybridized carbons (Fsp3) is 0.533. The van der Waals surface area contributed by atoms with E-state index in [0.717, 1.165) is 5.56 Å². The van der Waals surface area contributed by atoms with Gasteiger partial charge in [0, 0.05) is 18.2 Å². The lowest BCUT2D eigenvalue weighted by Crippen LogP contribution is -2.34. The summed E-state index contributed by atoms with van der Waals surface area (Å²) < 4.78 is 25.1. The number of sulfonamides is 1. The molecule has 1 aromatic rings. The topological polar surface area (TPSA) is 66.5 Å². The molecule has 1 aliphatic rings. The normalized spacial score (nSPS) is 18.0. The van der Waals surface area contributed by atoms with Crippen LogP contribution in [0.25, 0.3) is 0 Å². The van der Waals surface area contributed by atoms with Crippen LogP contribution in [-0.4, -0.2) is 33.2 Å². The van der Waals surface area contributed by atoms with E-state index in [1.807, 2.05) is 20.8 Å². The second-order valence-electron chi connectivity index (χ2n) is 6.06. The van der Waals surface area contributed by atoms with Crippen LogP contribution in [-0.2, 0) is 16.4 Å². The van der Waals surface area contributed by atoms with Gasteiger partial charge in [-0.25, -0.2) is 8.42 Å². The molecule has 21 heavy (non-hydrogen) atoms. The predicted molar refractivity (Wildman–Crippen MR) is 84.1 cm³/mol. The summed E-state index contributed by atoms with van der Waals surface area (Å²) in [6.07, 6.45) is 1.84. The van der Waals surface area contributed by atoms with Crippen molar-refractivity contribution in [1.29, 1.82) is 0 Å². The Kier molecular flexibility index (Phi) is 4.27. The summed E-state index contributed by atoms with van der Waals surface area (Å²) in [4.78, 5) is 12.1. The number of nitrogens with zero attached hydrogens (tertiary/aromatic N) is 1. The Labute approximate surface area is 126 Å². The molecule has 0 aliphatic carbocycles. The fourth-order valence-electron chi connectivity index (χ4n) is 2.65. The molecule has 0 spiro atoms. The average molecular weight is 310 g/mol. The smallest absolute Gasteiger partial charge is 0.251 e. The van der Waals surface area contributed by atoms with Gasteiger partial charge in [0.05, 0.1) is 11.9 Å². The SMILES string of the molecule is CC(C)CNC(=O)c1ccc2c(c1)CC(C)N2S(C)(=O)=O. The Bertz CT molecular complexity index is 653. The van der Waals surface area contributed by atoms with Gasteiger partial charge in [-0.2, -0.15) is 0 Å². The van der Waals surface area contributed by atoms with Crippen LogP contribution < -0.4 is 9.62 Å². The predicted octanol–water partition coefficient (Wildman–Crippen LogP) is 1.78. The first-order chi connectivity index (χ1) is 9.70. The van der Waals surface area contributed by atoms with Gasteiger partial charge in [-0.3, -0.25) is 9.10 Å². The van der Waals surface area contributed by atoms with Gasteiger partial charge in [0.25, 0.3) is 5.91 Å². The molecule has 1 atom stereocenters. The van der Waals surface area contributed by atoms with E-state index in [-0.39, 0.29) is 11.9 Å². The molecule has 0 bridgehead atoms. The van der Waals surface area contributed by atoms with Crippen LogP contribution in [0.4, 0.5) is 5.69 Å². The van der Waals surface area contributed by atoms with E-state index in [1.165, 1.54) is 10.6 Å². The number of carbonyl (C=O) groups excluding carboxylic acids is 1. The number of hydrogen-bond donors (Lipinski definition) is 1. The standard InChI is InChI=1S/C15H22N2O3S/c1-10(2)9-16-15(18)12-5-6-14-13(8-12)7-11(3)17(14)21(4,19)20/h5-6,8,10-11H,7,9H2,1-4H3,(H,16,18). The summed E-state index contributed by atoms with van der Waals surface area (Å²) in [6.45, 7) is 6.57. The highest BCUT2D eigenvalue weighted by Gasteiger charge is 2.32. The van der Waals surface area contributed by atoms with Gasteiger partial charge >= 0.3 is 0 Å². The maximum absolute atomic E-state index is 12.1. The minimum Gasteiger partial charge on any atom is -0.352 e. The first-order valence-corrected chi connectivity index (χ1v) is 8.95. The monoisotopic (exact) mass is 310 g/mol. The zero-order valence-corrected chi connectivity index (χ0v) is 13.7. The highest BCUT2D eigenvalue weighted by molar-refractivity contribution is 7.92. The van der Waals surface area contributed by atoms with Gasteiger partial charge in [0.15, 0.2) is 0 Å². The molecule has 5 nitrogen and oxygen atoms in total. The van der Waals surface area contributed by atoms with E-state index in [4.69, 9.17) is 0 Å². The number of fused-ring (bicyclic) bond motifs is 1. The van der Waals surface area contributed by atoms with Crippen molar-refractivity contribution in [3.8, 4) is 0 Å². The summed E-state index contributed by atoms with van der Waals surface area (Å²) in [5.74, 6) is 0.279. The molecule has 1 heterocycles. The van der Waals surface area contributed by atoms with E-state index in [0.29, 0.717) is 30.1 Å². The Balaban J connectivity index is 2.26. The second-order valence-corrected chi connectivity index (χ2v) is 7.92. The number of rotatable bonds is 4. The van der Waals surface area contributed by atoms with Crippen LogP contribution in [0.5, 0.6) is 0 Å². The lowest BCUT2D eigenvalue weighted by Gasteiger charge is -2.21. The molecule has 1 unspecified atom stereocenters. The Morgan fingerprint density at radius 2 is 2.10 bits per heavy atom. The summed E-state index contributed by atoms with van der Waals surface area (Å²) in [6, 6.07) is 5.10. The van der Waals surface area contributed by atoms with E-state index in [2.05, 4.69) is 5.32 Å². The van der Waals surface area contributed by atoms with E-state index >= 15 is 0 Å². The summed E-state index contributed by atoms with van der Waals surface area (Å²) in [5, 5.41) is 2.87. The Morgan fingerprint density at radius 3 is 2.67 bits per heavy atom. The van der Waals surface area contributed by atoms with Crippen LogP contribution in [0, 0.1) is 5.92 Å². The molecule has 0 radical (unpaired) electrons. The van der Waals surface area contributed by atoms with E-state index in [1.54, 1.807) is 18.2 Å². The molecule has 0 aromatic heterocycles. The highest BCUT2D eigenvalue weighted by Crippen LogP contribution is 2.34. The number of hydrogen-bond acceptors (Lipinski definition) is 3. The molecule has 0 saturated heterocycles. The molecule has 0 saturated carbocycles. The van der Waals surface area contributed by atoms with Crippen LogP contribution in [0.1, 0.15) is 36.7 Å². The van der Waals surface area contributed by atoms with Gasteiger partial charge in [-0.05, 0) is 43.0 Å². The number of benzene rings is 1. The summed E-state index contributed by atoms with van der Waals surface area (Å²) >= 11 is 0. The van der Waals surface area contributed by atoms with Crippen molar-refractivity contribution >= 4 is 21.6 Å². The third-order valence-electron chi connectivity index (χ3n) is 3.52. The van der Waals surface area contributed by atoms with Gasteiger partial charge < -0.3 is 5.32 Å². The van der Waals surface area contributed by atoms with Crippen LogP contribution in [0.15, 0.2) is 18.2 Å². The Hall–Kier alpha value is -1.56. The quantitative estimate of drug-likeness (QED) is 0.922. The zero-order valence-electron chi connectivity index (χ0n) is 12.9. The van der Waals surface area contributed by atoms with Crippen molar-refractivity contribution in [2.24, 2.45) is 5.92 Å². The average Bonchev–Trinajstić information content (AvgIpc) is 2.70. The van der Waals surface area contributed by atoms with Gasteiger partial charge in [-0.15, -0.1) is 0 Å². The molecular formula is C15H22N2O3S. The Morgan fingerprint density at radius 1 is 1.43 bits per heavy atom. The summed E-state index contributed by atoms with van der Waals surface area (Å²) in [7, 11) is -3.29. The fourth-order valence-corrected chi connectivity index (χ4v) is 3.91. The first kappa shape index (κ1) is 15.8. The molecule has 1 aromatic carbocycles. The molecule has 6 heteroatoms. The van der Waals surface area contributed by atoms with Crippen LogP contribution in [0.3, 0.4) is 0 Å². The molecule has 1 amide bonds. The summed E-state index contributed by atoms with van der Waals surface area (Å²) in [5.41, 5.74) is 2.17. The van der Waals surface area contributed by atoms with Gasteiger partial charge in [0.2, 0.25) is 10.0 Å².